The number of fused-ring (bicyclic) bond motifs is 1. The summed E-state index contributed by atoms with van der Waals surface area (Å²) in [5, 5.41) is 20.2. The van der Waals surface area contributed by atoms with Crippen LogP contribution in [0.2, 0.25) is 0 Å². The number of hydrogen-bond donors (Lipinski definition) is 2. The van der Waals surface area contributed by atoms with E-state index >= 15 is 0 Å². The van der Waals surface area contributed by atoms with Gasteiger partial charge in [0.05, 0.1) is 12.2 Å². The molecular weight excluding hydrogens is 200 g/mol. The first-order valence-corrected chi connectivity index (χ1v) is 6.21. The molecule has 0 heterocycles. The van der Waals surface area contributed by atoms with Crippen LogP contribution < -0.4 is 0 Å². The number of rotatable bonds is 1. The minimum absolute atomic E-state index is 0.200. The van der Waals surface area contributed by atoms with Crippen LogP contribution in [0.1, 0.15) is 36.5 Å². The molecule has 2 aliphatic carbocycles. The topological polar surface area (TPSA) is 40.5 Å². The molecule has 0 spiro atoms. The summed E-state index contributed by atoms with van der Waals surface area (Å²) in [6, 6.07) is 8.12. The predicted molar refractivity (Wildman–Crippen MR) is 61.9 cm³/mol. The maximum atomic E-state index is 10.3. The van der Waals surface area contributed by atoms with Gasteiger partial charge in [-0.3, -0.25) is 0 Å². The first-order chi connectivity index (χ1) is 7.77. The van der Waals surface area contributed by atoms with Gasteiger partial charge in [-0.25, -0.2) is 0 Å². The van der Waals surface area contributed by atoms with E-state index in [9.17, 15) is 10.2 Å². The van der Waals surface area contributed by atoms with Gasteiger partial charge in [-0.2, -0.15) is 0 Å². The zero-order valence-corrected chi connectivity index (χ0v) is 9.34. The lowest BCUT2D eigenvalue weighted by Gasteiger charge is -2.25. The van der Waals surface area contributed by atoms with E-state index in [1.807, 2.05) is 18.2 Å². The average Bonchev–Trinajstić information content (AvgIpc) is 2.84. The summed E-state index contributed by atoms with van der Waals surface area (Å²) in [6.45, 7) is 0. The Morgan fingerprint density at radius 3 is 2.50 bits per heavy atom. The molecule has 2 N–H and O–H groups in total. The molecule has 2 aliphatic rings. The van der Waals surface area contributed by atoms with Crippen molar-refractivity contribution in [1.82, 2.24) is 0 Å². The molecule has 0 saturated heterocycles. The molecule has 3 rings (SSSR count). The first kappa shape index (κ1) is 10.3. The third-order valence-electron chi connectivity index (χ3n) is 4.32. The van der Waals surface area contributed by atoms with Crippen molar-refractivity contribution < 1.29 is 10.2 Å². The summed E-state index contributed by atoms with van der Waals surface area (Å²) in [5.41, 5.74) is 2.34. The van der Waals surface area contributed by atoms with Crippen molar-refractivity contribution in [3.63, 3.8) is 0 Å². The molecule has 0 aliphatic heterocycles. The second-order valence-electron chi connectivity index (χ2n) is 5.17. The Morgan fingerprint density at radius 1 is 1.00 bits per heavy atom. The molecular formula is C14H18O2. The van der Waals surface area contributed by atoms with Crippen LogP contribution in [0.15, 0.2) is 24.3 Å². The van der Waals surface area contributed by atoms with Crippen LogP contribution in [-0.2, 0) is 6.42 Å². The van der Waals surface area contributed by atoms with E-state index in [0.29, 0.717) is 5.92 Å². The van der Waals surface area contributed by atoms with Crippen molar-refractivity contribution in [3.05, 3.63) is 35.4 Å². The molecule has 0 radical (unpaired) electrons. The highest BCUT2D eigenvalue weighted by Crippen LogP contribution is 2.45. The van der Waals surface area contributed by atoms with Gasteiger partial charge in [0, 0.05) is 0 Å². The average molecular weight is 218 g/mol. The Bertz CT molecular complexity index is 388. The minimum Gasteiger partial charge on any atom is -0.393 e. The van der Waals surface area contributed by atoms with Gasteiger partial charge in [-0.05, 0) is 42.2 Å². The molecule has 1 fully saturated rings. The van der Waals surface area contributed by atoms with Crippen LogP contribution in [0.3, 0.4) is 0 Å². The zero-order valence-electron chi connectivity index (χ0n) is 9.34. The van der Waals surface area contributed by atoms with E-state index < -0.39 is 0 Å². The lowest BCUT2D eigenvalue weighted by molar-refractivity contribution is 0.0316. The summed E-state index contributed by atoms with van der Waals surface area (Å²) in [7, 11) is 0. The van der Waals surface area contributed by atoms with Crippen LogP contribution in [0.4, 0.5) is 0 Å². The number of aliphatic hydroxyl groups excluding tert-OH is 2. The Kier molecular flexibility index (Phi) is 2.49. The predicted octanol–water partition coefficient (Wildman–Crippen LogP) is 2.05. The van der Waals surface area contributed by atoms with Crippen molar-refractivity contribution in [2.45, 2.75) is 37.9 Å². The normalized spacial score (nSPS) is 37.6. The van der Waals surface area contributed by atoms with Gasteiger partial charge in [0.15, 0.2) is 0 Å². The van der Waals surface area contributed by atoms with E-state index in [1.54, 1.807) is 0 Å². The van der Waals surface area contributed by atoms with Crippen molar-refractivity contribution in [2.75, 3.05) is 0 Å². The smallest absolute Gasteiger partial charge is 0.0827 e. The Morgan fingerprint density at radius 2 is 1.81 bits per heavy atom. The van der Waals surface area contributed by atoms with Crippen molar-refractivity contribution in [2.24, 2.45) is 11.8 Å². The number of aliphatic hydroxyl groups is 2. The molecule has 0 aromatic heterocycles. The van der Waals surface area contributed by atoms with Crippen molar-refractivity contribution in [1.29, 1.82) is 0 Å². The molecule has 16 heavy (non-hydrogen) atoms. The highest BCUT2D eigenvalue weighted by molar-refractivity contribution is 5.34. The van der Waals surface area contributed by atoms with E-state index in [0.717, 1.165) is 31.2 Å². The van der Waals surface area contributed by atoms with E-state index in [-0.39, 0.29) is 18.1 Å². The fourth-order valence-corrected chi connectivity index (χ4v) is 3.46. The van der Waals surface area contributed by atoms with Crippen LogP contribution >= 0.6 is 0 Å². The van der Waals surface area contributed by atoms with Gasteiger partial charge >= 0.3 is 0 Å². The van der Waals surface area contributed by atoms with Crippen molar-refractivity contribution >= 4 is 0 Å². The SMILES string of the molecule is OC1CCCC1C1Cc2ccccc2C1O. The van der Waals surface area contributed by atoms with Gasteiger partial charge in [0.25, 0.3) is 0 Å². The molecule has 0 amide bonds. The second-order valence-corrected chi connectivity index (χ2v) is 5.17. The molecule has 1 saturated carbocycles. The van der Waals surface area contributed by atoms with Crippen LogP contribution in [-0.4, -0.2) is 16.3 Å². The number of hydrogen-bond acceptors (Lipinski definition) is 2. The highest BCUT2D eigenvalue weighted by atomic mass is 16.3. The molecule has 4 atom stereocenters. The van der Waals surface area contributed by atoms with E-state index in [2.05, 4.69) is 6.07 Å². The number of benzene rings is 1. The fourth-order valence-electron chi connectivity index (χ4n) is 3.46. The molecule has 0 bridgehead atoms. The lowest BCUT2D eigenvalue weighted by Crippen LogP contribution is -2.25. The van der Waals surface area contributed by atoms with Gasteiger partial charge in [0.2, 0.25) is 0 Å². The van der Waals surface area contributed by atoms with Gasteiger partial charge in [-0.15, -0.1) is 0 Å². The molecule has 1 aromatic rings. The largest absolute Gasteiger partial charge is 0.393 e. The standard InChI is InChI=1S/C14H18O2/c15-13-7-3-6-11(13)12-8-9-4-1-2-5-10(9)14(12)16/h1-2,4-5,11-16H,3,6-8H2. The van der Waals surface area contributed by atoms with Crippen molar-refractivity contribution in [3.8, 4) is 0 Å². The third-order valence-corrected chi connectivity index (χ3v) is 4.32. The maximum absolute atomic E-state index is 10.3. The molecule has 1 aromatic carbocycles. The van der Waals surface area contributed by atoms with Gasteiger partial charge < -0.3 is 10.2 Å². The quantitative estimate of drug-likeness (QED) is 0.757. The Balaban J connectivity index is 1.86. The third kappa shape index (κ3) is 1.48. The van der Waals surface area contributed by atoms with E-state index in [1.165, 1.54) is 5.56 Å². The molecule has 86 valence electrons. The Labute approximate surface area is 95.9 Å². The fraction of sp³-hybridized carbons (Fsp3) is 0.571. The minimum atomic E-state index is -0.367. The van der Waals surface area contributed by atoms with Gasteiger partial charge in [0.1, 0.15) is 0 Å². The summed E-state index contributed by atoms with van der Waals surface area (Å²) >= 11 is 0. The molecule has 2 nitrogen and oxygen atoms in total. The zero-order chi connectivity index (χ0) is 11.1. The monoisotopic (exact) mass is 218 g/mol. The maximum Gasteiger partial charge on any atom is 0.0827 e. The van der Waals surface area contributed by atoms with Gasteiger partial charge in [-0.1, -0.05) is 30.7 Å². The van der Waals surface area contributed by atoms with Crippen LogP contribution in [0.25, 0.3) is 0 Å². The molecule has 2 heteroatoms. The van der Waals surface area contributed by atoms with Crippen LogP contribution in [0, 0.1) is 11.8 Å². The summed E-state index contributed by atoms with van der Waals surface area (Å²) in [6.07, 6.45) is 3.44. The first-order valence-electron chi connectivity index (χ1n) is 6.21. The van der Waals surface area contributed by atoms with E-state index in [4.69, 9.17) is 0 Å². The van der Waals surface area contributed by atoms with Crippen LogP contribution in [0.5, 0.6) is 0 Å². The summed E-state index contributed by atoms with van der Waals surface area (Å²) < 4.78 is 0. The molecule has 4 unspecified atom stereocenters. The summed E-state index contributed by atoms with van der Waals surface area (Å²) in [5.74, 6) is 0.525. The highest BCUT2D eigenvalue weighted by Gasteiger charge is 2.40. The second kappa shape index (κ2) is 3.86. The Hall–Kier alpha value is -0.860. The lowest BCUT2D eigenvalue weighted by atomic mass is 9.85. The summed E-state index contributed by atoms with van der Waals surface area (Å²) in [4.78, 5) is 0.